The normalized spacial score (nSPS) is 11.2. The summed E-state index contributed by atoms with van der Waals surface area (Å²) in [6.45, 7) is 5.51. The summed E-state index contributed by atoms with van der Waals surface area (Å²) >= 11 is 0. The van der Waals surface area contributed by atoms with Crippen LogP contribution in [0.15, 0.2) is 36.4 Å². The van der Waals surface area contributed by atoms with Gasteiger partial charge in [-0.3, -0.25) is 4.90 Å². The minimum Gasteiger partial charge on any atom is -0.284 e. The summed E-state index contributed by atoms with van der Waals surface area (Å²) in [5, 5.41) is 8.69. The van der Waals surface area contributed by atoms with E-state index in [4.69, 9.17) is 5.26 Å². The van der Waals surface area contributed by atoms with Crippen LogP contribution in [0.4, 0.5) is 0 Å². The molecule has 0 amide bonds. The lowest BCUT2D eigenvalue weighted by molar-refractivity contribution is 0.276. The minimum atomic E-state index is 0.403. The first kappa shape index (κ1) is 12.5. The largest absolute Gasteiger partial charge is 0.284 e. The van der Waals surface area contributed by atoms with Crippen LogP contribution in [0.5, 0.6) is 0 Å². The van der Waals surface area contributed by atoms with Gasteiger partial charge in [-0.05, 0) is 19.4 Å². The molecular weight excluding hydrogens is 196 g/mol. The van der Waals surface area contributed by atoms with Crippen molar-refractivity contribution in [2.75, 3.05) is 13.1 Å². The van der Waals surface area contributed by atoms with Crippen LogP contribution in [0.2, 0.25) is 0 Å². The predicted molar refractivity (Wildman–Crippen MR) is 67.8 cm³/mol. The Bertz CT molecular complexity index is 360. The molecular formula is C14H18N2. The van der Waals surface area contributed by atoms with Crippen LogP contribution in [-0.4, -0.2) is 24.0 Å². The molecule has 0 N–H and O–H groups in total. The topological polar surface area (TPSA) is 27.0 Å². The smallest absolute Gasteiger partial charge is 0.0870 e. The van der Waals surface area contributed by atoms with E-state index in [0.717, 1.165) is 6.54 Å². The lowest BCUT2D eigenvalue weighted by Gasteiger charge is -2.21. The SMILES string of the molecule is CC(C)N(CC#N)CC=Cc1ccccc1. The fourth-order valence-electron chi connectivity index (χ4n) is 1.44. The van der Waals surface area contributed by atoms with E-state index in [1.165, 1.54) is 5.56 Å². The van der Waals surface area contributed by atoms with Gasteiger partial charge in [0.05, 0.1) is 12.6 Å². The Morgan fingerprint density at radius 1 is 1.31 bits per heavy atom. The van der Waals surface area contributed by atoms with Crippen molar-refractivity contribution in [1.29, 1.82) is 5.26 Å². The first-order valence-corrected chi connectivity index (χ1v) is 5.56. The molecule has 0 unspecified atom stereocenters. The summed E-state index contributed by atoms with van der Waals surface area (Å²) in [6, 6.07) is 12.8. The van der Waals surface area contributed by atoms with E-state index in [0.29, 0.717) is 12.6 Å². The molecule has 0 aliphatic rings. The molecule has 0 saturated heterocycles. The highest BCUT2D eigenvalue weighted by atomic mass is 15.1. The highest BCUT2D eigenvalue weighted by Gasteiger charge is 2.05. The molecule has 0 atom stereocenters. The molecule has 0 aliphatic carbocycles. The monoisotopic (exact) mass is 214 g/mol. The Balaban J connectivity index is 2.49. The van der Waals surface area contributed by atoms with Crippen molar-refractivity contribution < 1.29 is 0 Å². The molecule has 0 radical (unpaired) electrons. The number of hydrogen-bond acceptors (Lipinski definition) is 2. The van der Waals surface area contributed by atoms with Crippen LogP contribution in [0, 0.1) is 11.3 Å². The minimum absolute atomic E-state index is 0.403. The van der Waals surface area contributed by atoms with Crippen molar-refractivity contribution >= 4 is 6.08 Å². The maximum Gasteiger partial charge on any atom is 0.0870 e. The number of rotatable bonds is 5. The molecule has 16 heavy (non-hydrogen) atoms. The van der Waals surface area contributed by atoms with E-state index >= 15 is 0 Å². The standard InChI is InChI=1S/C14H18N2/c1-13(2)16(12-10-15)11-6-9-14-7-4-3-5-8-14/h3-9,13H,11-12H2,1-2H3. The maximum atomic E-state index is 8.69. The Hall–Kier alpha value is -1.59. The first-order valence-electron chi connectivity index (χ1n) is 5.56. The van der Waals surface area contributed by atoms with Crippen molar-refractivity contribution in [3.05, 3.63) is 42.0 Å². The van der Waals surface area contributed by atoms with Gasteiger partial charge in [0.1, 0.15) is 0 Å². The quantitative estimate of drug-likeness (QED) is 0.705. The van der Waals surface area contributed by atoms with E-state index in [1.54, 1.807) is 0 Å². The van der Waals surface area contributed by atoms with Gasteiger partial charge in [-0.1, -0.05) is 42.5 Å². The summed E-state index contributed by atoms with van der Waals surface area (Å²) < 4.78 is 0. The van der Waals surface area contributed by atoms with Gasteiger partial charge in [-0.25, -0.2) is 0 Å². The molecule has 0 aromatic heterocycles. The predicted octanol–water partition coefficient (Wildman–Crippen LogP) is 2.93. The third-order valence-corrected chi connectivity index (χ3v) is 2.45. The van der Waals surface area contributed by atoms with Crippen LogP contribution < -0.4 is 0 Å². The summed E-state index contributed by atoms with van der Waals surface area (Å²) in [5.41, 5.74) is 1.20. The molecule has 0 spiro atoms. The number of benzene rings is 1. The van der Waals surface area contributed by atoms with E-state index < -0.39 is 0 Å². The molecule has 1 aromatic rings. The average Bonchev–Trinajstić information content (AvgIpc) is 2.29. The molecule has 84 valence electrons. The zero-order valence-corrected chi connectivity index (χ0v) is 9.93. The van der Waals surface area contributed by atoms with Gasteiger partial charge in [0.2, 0.25) is 0 Å². The molecule has 0 bridgehead atoms. The fourth-order valence-corrected chi connectivity index (χ4v) is 1.44. The Morgan fingerprint density at radius 3 is 2.56 bits per heavy atom. The van der Waals surface area contributed by atoms with E-state index in [9.17, 15) is 0 Å². The Kier molecular flexibility index (Phi) is 5.31. The van der Waals surface area contributed by atoms with Gasteiger partial charge in [0.25, 0.3) is 0 Å². The highest BCUT2D eigenvalue weighted by molar-refractivity contribution is 5.48. The Morgan fingerprint density at radius 2 is 2.00 bits per heavy atom. The summed E-state index contributed by atoms with van der Waals surface area (Å²) in [4.78, 5) is 2.12. The van der Waals surface area contributed by atoms with Crippen LogP contribution in [0.3, 0.4) is 0 Å². The van der Waals surface area contributed by atoms with Gasteiger partial charge in [0, 0.05) is 12.6 Å². The highest BCUT2D eigenvalue weighted by Crippen LogP contribution is 2.02. The van der Waals surface area contributed by atoms with Gasteiger partial charge >= 0.3 is 0 Å². The third-order valence-electron chi connectivity index (χ3n) is 2.45. The lowest BCUT2D eigenvalue weighted by atomic mass is 10.2. The number of nitrogens with zero attached hydrogens (tertiary/aromatic N) is 2. The summed E-state index contributed by atoms with van der Waals surface area (Å²) in [6.07, 6.45) is 4.19. The molecule has 1 rings (SSSR count). The van der Waals surface area contributed by atoms with Gasteiger partial charge in [-0.2, -0.15) is 5.26 Å². The van der Waals surface area contributed by atoms with Crippen LogP contribution in [0.1, 0.15) is 19.4 Å². The first-order chi connectivity index (χ1) is 7.74. The summed E-state index contributed by atoms with van der Waals surface area (Å²) in [7, 11) is 0. The molecule has 0 aliphatic heterocycles. The number of hydrogen-bond donors (Lipinski definition) is 0. The average molecular weight is 214 g/mol. The Labute approximate surface area is 97.8 Å². The van der Waals surface area contributed by atoms with Gasteiger partial charge in [-0.15, -0.1) is 0 Å². The zero-order chi connectivity index (χ0) is 11.8. The third kappa shape index (κ3) is 4.29. The van der Waals surface area contributed by atoms with Crippen molar-refractivity contribution in [2.24, 2.45) is 0 Å². The molecule has 2 heteroatoms. The van der Waals surface area contributed by atoms with Crippen LogP contribution in [-0.2, 0) is 0 Å². The van der Waals surface area contributed by atoms with Crippen molar-refractivity contribution in [3.8, 4) is 6.07 Å². The summed E-state index contributed by atoms with van der Waals surface area (Å²) in [5.74, 6) is 0. The molecule has 0 fully saturated rings. The molecule has 2 nitrogen and oxygen atoms in total. The second-order valence-corrected chi connectivity index (χ2v) is 3.99. The van der Waals surface area contributed by atoms with Gasteiger partial charge < -0.3 is 0 Å². The van der Waals surface area contributed by atoms with Gasteiger partial charge in [0.15, 0.2) is 0 Å². The molecule has 0 heterocycles. The van der Waals surface area contributed by atoms with E-state index in [1.807, 2.05) is 18.2 Å². The second-order valence-electron chi connectivity index (χ2n) is 3.99. The van der Waals surface area contributed by atoms with Crippen molar-refractivity contribution in [3.63, 3.8) is 0 Å². The van der Waals surface area contributed by atoms with Crippen LogP contribution in [0.25, 0.3) is 6.08 Å². The number of nitriles is 1. The van der Waals surface area contributed by atoms with Crippen molar-refractivity contribution in [1.82, 2.24) is 4.90 Å². The van der Waals surface area contributed by atoms with Crippen molar-refractivity contribution in [2.45, 2.75) is 19.9 Å². The lowest BCUT2D eigenvalue weighted by Crippen LogP contribution is -2.31. The fraction of sp³-hybridized carbons (Fsp3) is 0.357. The van der Waals surface area contributed by atoms with E-state index in [2.05, 4.69) is 49.1 Å². The maximum absolute atomic E-state index is 8.69. The van der Waals surface area contributed by atoms with E-state index in [-0.39, 0.29) is 0 Å². The van der Waals surface area contributed by atoms with Crippen LogP contribution >= 0.6 is 0 Å². The molecule has 1 aromatic carbocycles. The second kappa shape index (κ2) is 6.81. The zero-order valence-electron chi connectivity index (χ0n) is 9.93. The molecule has 0 saturated carbocycles.